The van der Waals surface area contributed by atoms with Gasteiger partial charge in [-0.1, -0.05) is 46.4 Å². The van der Waals surface area contributed by atoms with Crippen LogP contribution in [-0.4, -0.2) is 120 Å². The zero-order chi connectivity index (χ0) is 42.9. The summed E-state index contributed by atoms with van der Waals surface area (Å²) in [4.78, 5) is 55.1. The summed E-state index contributed by atoms with van der Waals surface area (Å²) >= 11 is 1.59. The average molecular weight is 844 g/mol. The van der Waals surface area contributed by atoms with E-state index >= 15 is 0 Å². The molecule has 1 aromatic heterocycles. The first-order chi connectivity index (χ1) is 28.8. The van der Waals surface area contributed by atoms with Crippen LogP contribution in [0.4, 0.5) is 0 Å². The summed E-state index contributed by atoms with van der Waals surface area (Å²) in [7, 11) is 1.69. The zero-order valence-corrected chi connectivity index (χ0v) is 37.6. The van der Waals surface area contributed by atoms with Crippen LogP contribution in [-0.2, 0) is 41.6 Å². The SMILES string of the molecule is C=C/C(=C(\N=C/C)[C@H](C)OC)c1c2c3cc(ccc3n1CC)C1CSC(=N1)[C@@H](OCCN1CCC1)[C@H](NC(=O)[C@H]1[C@H](C)[C@@H]1C)C(=O)N1CCC[C@H](N1)C(=O)OCC(C)(C)C2. The van der Waals surface area contributed by atoms with Crippen LogP contribution in [0.25, 0.3) is 16.5 Å². The maximum Gasteiger partial charge on any atom is 0.324 e. The van der Waals surface area contributed by atoms with Gasteiger partial charge in [0.25, 0.3) is 5.91 Å². The molecular weight excluding hydrogens is 779 g/mol. The molecular formula is C46H65N7O6S. The van der Waals surface area contributed by atoms with Gasteiger partial charge in [-0.25, -0.2) is 5.43 Å². The number of hydrogen-bond acceptors (Lipinski definition) is 11. The minimum absolute atomic E-state index is 0.156. The molecule has 8 atom stereocenters. The molecule has 2 saturated heterocycles. The lowest BCUT2D eigenvalue weighted by molar-refractivity contribution is -0.156. The van der Waals surface area contributed by atoms with Crippen molar-refractivity contribution in [1.29, 1.82) is 0 Å². The van der Waals surface area contributed by atoms with Gasteiger partial charge < -0.3 is 29.0 Å². The molecule has 0 radical (unpaired) electrons. The molecule has 1 aliphatic carbocycles. The number of hydrazine groups is 1. The van der Waals surface area contributed by atoms with Gasteiger partial charge in [0.1, 0.15) is 23.2 Å². The number of methoxy groups -OCH3 is 1. The summed E-state index contributed by atoms with van der Waals surface area (Å²) in [6.07, 6.45) is 5.41. The molecule has 2 N–H and O–H groups in total. The van der Waals surface area contributed by atoms with E-state index in [9.17, 15) is 14.4 Å². The fraction of sp³-hybridized carbons (Fsp3) is 0.630. The van der Waals surface area contributed by atoms with Crippen molar-refractivity contribution in [3.8, 4) is 0 Å². The number of thioether (sulfide) groups is 1. The van der Waals surface area contributed by atoms with Crippen molar-refractivity contribution < 1.29 is 28.6 Å². The molecule has 1 aromatic carbocycles. The summed E-state index contributed by atoms with van der Waals surface area (Å²) in [6, 6.07) is 4.61. The van der Waals surface area contributed by atoms with Gasteiger partial charge in [-0.15, -0.1) is 11.8 Å². The molecule has 14 heteroatoms. The Hall–Kier alpha value is -3.82. The van der Waals surface area contributed by atoms with Gasteiger partial charge in [0.2, 0.25) is 5.91 Å². The molecule has 326 valence electrons. The highest BCUT2D eigenvalue weighted by molar-refractivity contribution is 8.14. The number of aliphatic imine (C=N–C) groups is 2. The second-order valence-corrected chi connectivity index (χ2v) is 18.9. The second-order valence-electron chi connectivity index (χ2n) is 17.9. The molecule has 5 heterocycles. The molecule has 0 spiro atoms. The Balaban J connectivity index is 1.38. The van der Waals surface area contributed by atoms with Crippen LogP contribution in [0.1, 0.15) is 90.6 Å². The van der Waals surface area contributed by atoms with Crippen molar-refractivity contribution in [2.45, 2.75) is 111 Å². The lowest BCUT2D eigenvalue weighted by Crippen LogP contribution is -2.63. The van der Waals surface area contributed by atoms with Gasteiger partial charge in [0, 0.05) is 66.5 Å². The van der Waals surface area contributed by atoms with E-state index in [2.05, 4.69) is 79.6 Å². The fourth-order valence-electron chi connectivity index (χ4n) is 9.21. The number of likely N-dealkylation sites (tertiary alicyclic amines) is 1. The number of hydrogen-bond donors (Lipinski definition) is 2. The van der Waals surface area contributed by atoms with Crippen molar-refractivity contribution in [2.75, 3.05) is 52.3 Å². The van der Waals surface area contributed by atoms with Crippen LogP contribution < -0.4 is 10.7 Å². The van der Waals surface area contributed by atoms with E-state index < -0.39 is 29.6 Å². The third-order valence-electron chi connectivity index (χ3n) is 13.2. The number of allylic oxidation sites excluding steroid dienone is 2. The van der Waals surface area contributed by atoms with Gasteiger partial charge in [0.05, 0.1) is 36.8 Å². The summed E-state index contributed by atoms with van der Waals surface area (Å²) in [6.45, 7) is 23.1. The first-order valence-corrected chi connectivity index (χ1v) is 22.9. The van der Waals surface area contributed by atoms with E-state index in [1.807, 2.05) is 19.9 Å². The number of ether oxygens (including phenoxy) is 3. The highest BCUT2D eigenvalue weighted by atomic mass is 32.2. The Bertz CT molecular complexity index is 2050. The van der Waals surface area contributed by atoms with E-state index in [1.165, 1.54) is 5.01 Å². The van der Waals surface area contributed by atoms with Crippen LogP contribution in [0, 0.1) is 23.2 Å². The molecule has 60 heavy (non-hydrogen) atoms. The Kier molecular flexibility index (Phi) is 13.8. The van der Waals surface area contributed by atoms with Crippen molar-refractivity contribution in [2.24, 2.45) is 33.2 Å². The summed E-state index contributed by atoms with van der Waals surface area (Å²) in [5, 5.41) is 6.44. The Labute approximate surface area is 359 Å². The lowest BCUT2D eigenvalue weighted by atomic mass is 9.84. The predicted octanol–water partition coefficient (Wildman–Crippen LogP) is 5.97. The number of cyclic esters (lactones) is 1. The van der Waals surface area contributed by atoms with Crippen LogP contribution in [0.3, 0.4) is 0 Å². The number of amides is 2. The quantitative estimate of drug-likeness (QED) is 0.150. The molecule has 2 aromatic rings. The molecule has 1 saturated carbocycles. The standard InChI is InChI=1S/C46H65N7O6S/c1-10-31(38(47-11-2)29(6)57-9)40-33-24-46(7,8)26-59-45(56)34-15-13-20-53(50-34)44(55)39(49-42(54)37-27(4)28(37)5)41(58-22-21-51-18-14-19-51)43-48-35(25-60-43)30-16-17-36(32(33)23-30)52(40)12-3/h10-11,16-17,23,27-29,34-35,37,39,41,50H,1,12-15,18-22,24-26H2,2-9H3,(H,49,54)/b38-31+,47-11-/t27-,28+,29-,34-,35?,37+,39-,41-/m0/s1. The smallest absolute Gasteiger partial charge is 0.324 e. The topological polar surface area (TPSA) is 139 Å². The summed E-state index contributed by atoms with van der Waals surface area (Å²) in [5.41, 5.74) is 8.64. The number of nitrogens with one attached hydrogen (secondary N) is 2. The largest absolute Gasteiger partial charge is 0.464 e. The minimum atomic E-state index is -1.05. The number of esters is 1. The predicted molar refractivity (Wildman–Crippen MR) is 239 cm³/mol. The monoisotopic (exact) mass is 843 g/mol. The fourth-order valence-corrected chi connectivity index (χ4v) is 10.4. The molecule has 5 aliphatic rings. The van der Waals surface area contributed by atoms with Gasteiger partial charge in [-0.2, -0.15) is 0 Å². The molecule has 3 fully saturated rings. The number of aromatic nitrogens is 1. The maximum absolute atomic E-state index is 14.8. The number of aryl methyl sites for hydroxylation is 1. The first-order valence-electron chi connectivity index (χ1n) is 21.9. The molecule has 4 aliphatic heterocycles. The number of nitrogens with zero attached hydrogens (tertiary/aromatic N) is 5. The zero-order valence-electron chi connectivity index (χ0n) is 36.8. The third kappa shape index (κ3) is 9.04. The van der Waals surface area contributed by atoms with Crippen molar-refractivity contribution in [3.63, 3.8) is 0 Å². The molecule has 6 bridgehead atoms. The summed E-state index contributed by atoms with van der Waals surface area (Å²) < 4.78 is 21.0. The van der Waals surface area contributed by atoms with Crippen LogP contribution in [0.2, 0.25) is 0 Å². The number of carbonyl (C=O) groups is 3. The second kappa shape index (κ2) is 18.7. The van der Waals surface area contributed by atoms with Crippen molar-refractivity contribution in [1.82, 2.24) is 25.2 Å². The highest BCUT2D eigenvalue weighted by Crippen LogP contribution is 2.46. The van der Waals surface area contributed by atoms with Crippen LogP contribution >= 0.6 is 11.8 Å². The number of fused-ring (bicyclic) bond motifs is 5. The molecule has 1 unspecified atom stereocenters. The number of benzene rings is 1. The van der Waals surface area contributed by atoms with Gasteiger partial charge in [-0.05, 0) is 94.6 Å². The highest BCUT2D eigenvalue weighted by Gasteiger charge is 2.50. The Morgan fingerprint density at radius 3 is 2.62 bits per heavy atom. The normalized spacial score (nSPS) is 29.4. The van der Waals surface area contributed by atoms with E-state index in [0.717, 1.165) is 65.0 Å². The molecule has 13 nitrogen and oxygen atoms in total. The van der Waals surface area contributed by atoms with Crippen LogP contribution in [0.15, 0.2) is 46.5 Å². The first kappa shape index (κ1) is 44.2. The van der Waals surface area contributed by atoms with Gasteiger partial charge in [-0.3, -0.25) is 29.4 Å². The van der Waals surface area contributed by atoms with Gasteiger partial charge in [0.15, 0.2) is 0 Å². The number of carbonyl (C=O) groups excluding carboxylic acids is 3. The van der Waals surface area contributed by atoms with Crippen molar-refractivity contribution >= 4 is 57.3 Å². The Morgan fingerprint density at radius 2 is 1.97 bits per heavy atom. The average Bonchev–Trinajstić information content (AvgIpc) is 3.50. The maximum atomic E-state index is 14.8. The number of rotatable bonds is 12. The Morgan fingerprint density at radius 1 is 1.20 bits per heavy atom. The summed E-state index contributed by atoms with van der Waals surface area (Å²) in [5.74, 6) is 0.00698. The lowest BCUT2D eigenvalue weighted by Gasteiger charge is -2.37. The van der Waals surface area contributed by atoms with Crippen molar-refractivity contribution in [3.05, 3.63) is 53.4 Å². The van der Waals surface area contributed by atoms with E-state index in [-0.39, 0.29) is 48.3 Å². The van der Waals surface area contributed by atoms with Crippen LogP contribution in [0.5, 0.6) is 0 Å². The molecule has 7 rings (SSSR count). The minimum Gasteiger partial charge on any atom is -0.464 e. The van der Waals surface area contributed by atoms with E-state index in [0.29, 0.717) is 49.8 Å². The molecule has 2 amide bonds. The third-order valence-corrected chi connectivity index (χ3v) is 14.3. The van der Waals surface area contributed by atoms with E-state index in [1.54, 1.807) is 25.1 Å². The van der Waals surface area contributed by atoms with E-state index in [4.69, 9.17) is 24.2 Å². The van der Waals surface area contributed by atoms with Gasteiger partial charge >= 0.3 is 5.97 Å².